The van der Waals surface area contributed by atoms with Crippen molar-refractivity contribution in [3.63, 3.8) is 0 Å². The Labute approximate surface area is 119 Å². The fourth-order valence-corrected chi connectivity index (χ4v) is 2.48. The Morgan fingerprint density at radius 1 is 1.47 bits per heavy atom. The molecule has 1 aromatic carbocycles. The molecule has 2 N–H and O–H groups in total. The van der Waals surface area contributed by atoms with Gasteiger partial charge in [0, 0.05) is 25.4 Å². The Kier molecular flexibility index (Phi) is 4.20. The van der Waals surface area contributed by atoms with Crippen molar-refractivity contribution in [1.82, 2.24) is 4.90 Å². The third kappa shape index (κ3) is 3.32. The lowest BCUT2D eigenvalue weighted by atomic mass is 10.1. The molecule has 1 fully saturated rings. The molecule has 1 aromatic rings. The van der Waals surface area contributed by atoms with Crippen molar-refractivity contribution in [2.24, 2.45) is 17.6 Å². The summed E-state index contributed by atoms with van der Waals surface area (Å²) in [7, 11) is 1.83. The highest BCUT2D eigenvalue weighted by atomic mass is 32.1. The molecule has 1 amide bonds. The third-order valence-electron chi connectivity index (χ3n) is 3.75. The monoisotopic (exact) mass is 276 g/mol. The van der Waals surface area contributed by atoms with E-state index in [1.54, 1.807) is 4.90 Å². The Balaban J connectivity index is 1.90. The Hall–Kier alpha value is -1.42. The van der Waals surface area contributed by atoms with Crippen molar-refractivity contribution in [3.05, 3.63) is 35.9 Å². The molecule has 0 spiro atoms. The Morgan fingerprint density at radius 3 is 2.68 bits per heavy atom. The van der Waals surface area contributed by atoms with Crippen LogP contribution in [0.15, 0.2) is 30.3 Å². The molecule has 0 bridgehead atoms. The van der Waals surface area contributed by atoms with Gasteiger partial charge >= 0.3 is 0 Å². The van der Waals surface area contributed by atoms with Crippen LogP contribution in [0.3, 0.4) is 0 Å². The second-order valence-corrected chi connectivity index (χ2v) is 5.85. The van der Waals surface area contributed by atoms with Crippen molar-refractivity contribution in [2.45, 2.75) is 19.3 Å². The van der Waals surface area contributed by atoms with E-state index in [2.05, 4.69) is 12.1 Å². The largest absolute Gasteiger partial charge is 0.393 e. The van der Waals surface area contributed by atoms with Gasteiger partial charge in [-0.2, -0.15) is 0 Å². The van der Waals surface area contributed by atoms with Gasteiger partial charge in [0.05, 0.1) is 4.99 Å². The number of hydrogen-bond acceptors (Lipinski definition) is 2. The van der Waals surface area contributed by atoms with Crippen molar-refractivity contribution in [2.75, 3.05) is 13.6 Å². The lowest BCUT2D eigenvalue weighted by molar-refractivity contribution is -0.131. The molecule has 0 radical (unpaired) electrons. The Bertz CT molecular complexity index is 474. The molecule has 0 aliphatic heterocycles. The normalized spacial score (nSPS) is 22.6. The van der Waals surface area contributed by atoms with E-state index in [4.69, 9.17) is 18.0 Å². The number of hydrogen-bond donors (Lipinski definition) is 1. The van der Waals surface area contributed by atoms with Gasteiger partial charge in [-0.15, -0.1) is 0 Å². The molecule has 19 heavy (non-hydrogen) atoms. The number of thiocarbonyl (C=S) groups is 1. The Morgan fingerprint density at radius 2 is 2.11 bits per heavy atom. The van der Waals surface area contributed by atoms with Crippen LogP contribution >= 0.6 is 12.2 Å². The van der Waals surface area contributed by atoms with Gasteiger partial charge in [0.25, 0.3) is 0 Å². The molecule has 102 valence electrons. The summed E-state index contributed by atoms with van der Waals surface area (Å²) in [4.78, 5) is 14.5. The fourth-order valence-electron chi connectivity index (χ4n) is 2.41. The number of benzene rings is 1. The van der Waals surface area contributed by atoms with Crippen LogP contribution in [0.25, 0.3) is 0 Å². The van der Waals surface area contributed by atoms with E-state index >= 15 is 0 Å². The third-order valence-corrected chi connectivity index (χ3v) is 4.15. The molecule has 0 heterocycles. The molecular formula is C15H20N2OS. The number of amides is 1. The number of carbonyl (C=O) groups excluding carboxylic acids is 1. The highest BCUT2D eigenvalue weighted by molar-refractivity contribution is 7.80. The minimum Gasteiger partial charge on any atom is -0.393 e. The van der Waals surface area contributed by atoms with Gasteiger partial charge < -0.3 is 10.6 Å². The highest BCUT2D eigenvalue weighted by Gasteiger charge is 2.45. The minimum absolute atomic E-state index is 0.0675. The first kappa shape index (κ1) is 14.0. The van der Waals surface area contributed by atoms with Crippen LogP contribution in [0.2, 0.25) is 0 Å². The van der Waals surface area contributed by atoms with Gasteiger partial charge in [-0.1, -0.05) is 49.5 Å². The van der Waals surface area contributed by atoms with E-state index in [-0.39, 0.29) is 17.7 Å². The number of rotatable bonds is 5. The van der Waals surface area contributed by atoms with E-state index in [0.29, 0.717) is 17.5 Å². The number of nitrogens with two attached hydrogens (primary N) is 1. The number of carbonyl (C=O) groups is 1. The summed E-state index contributed by atoms with van der Waals surface area (Å²) in [6.07, 6.45) is 0.953. The van der Waals surface area contributed by atoms with Crippen LogP contribution in [0.1, 0.15) is 24.8 Å². The molecule has 1 aliphatic carbocycles. The minimum atomic E-state index is 0.0675. The maximum Gasteiger partial charge on any atom is 0.226 e. The van der Waals surface area contributed by atoms with Gasteiger partial charge in [-0.05, 0) is 17.9 Å². The standard InChI is InChI=1S/C15H20N2OS/c1-10(14(16)19)9-17(2)15(18)13-8-12(13)11-6-4-3-5-7-11/h3-7,10,12-13H,8-9H2,1-2H3,(H2,16,19). The van der Waals surface area contributed by atoms with Crippen LogP contribution in [0.5, 0.6) is 0 Å². The summed E-state index contributed by atoms with van der Waals surface area (Å²) in [5.74, 6) is 0.789. The molecule has 4 heteroatoms. The second kappa shape index (κ2) is 5.70. The lowest BCUT2D eigenvalue weighted by Gasteiger charge is -2.21. The average Bonchev–Trinajstić information content (AvgIpc) is 3.18. The van der Waals surface area contributed by atoms with Crippen LogP contribution < -0.4 is 5.73 Å². The predicted molar refractivity (Wildman–Crippen MR) is 80.9 cm³/mol. The maximum absolute atomic E-state index is 12.3. The zero-order valence-corrected chi connectivity index (χ0v) is 12.2. The van der Waals surface area contributed by atoms with E-state index < -0.39 is 0 Å². The SMILES string of the molecule is CC(CN(C)C(=O)C1CC1c1ccccc1)C(N)=S. The predicted octanol–water partition coefficient (Wildman–Crippen LogP) is 2.17. The van der Waals surface area contributed by atoms with Gasteiger partial charge in [0.15, 0.2) is 0 Å². The summed E-state index contributed by atoms with van der Waals surface area (Å²) in [6.45, 7) is 2.56. The molecule has 1 aliphatic rings. The van der Waals surface area contributed by atoms with E-state index in [1.165, 1.54) is 5.56 Å². The van der Waals surface area contributed by atoms with Gasteiger partial charge in [-0.3, -0.25) is 4.79 Å². The summed E-state index contributed by atoms with van der Waals surface area (Å²) >= 11 is 4.94. The topological polar surface area (TPSA) is 46.3 Å². The first-order valence-electron chi connectivity index (χ1n) is 6.60. The average molecular weight is 276 g/mol. The molecule has 1 saturated carbocycles. The maximum atomic E-state index is 12.3. The fraction of sp³-hybridized carbons (Fsp3) is 0.467. The van der Waals surface area contributed by atoms with E-state index in [0.717, 1.165) is 6.42 Å². The van der Waals surface area contributed by atoms with Crippen LogP contribution in [-0.2, 0) is 4.79 Å². The first-order chi connectivity index (χ1) is 9.00. The summed E-state index contributed by atoms with van der Waals surface area (Å²) in [5, 5.41) is 0. The summed E-state index contributed by atoms with van der Waals surface area (Å²) in [5.41, 5.74) is 6.85. The van der Waals surface area contributed by atoms with Crippen LogP contribution in [0, 0.1) is 11.8 Å². The number of nitrogens with zero attached hydrogens (tertiary/aromatic N) is 1. The molecule has 3 nitrogen and oxygen atoms in total. The lowest BCUT2D eigenvalue weighted by Crippen LogP contribution is -2.36. The molecule has 0 aromatic heterocycles. The quantitative estimate of drug-likeness (QED) is 0.838. The summed E-state index contributed by atoms with van der Waals surface area (Å²) in [6, 6.07) is 10.2. The van der Waals surface area contributed by atoms with Crippen molar-refractivity contribution >= 4 is 23.1 Å². The van der Waals surface area contributed by atoms with Crippen molar-refractivity contribution in [3.8, 4) is 0 Å². The smallest absolute Gasteiger partial charge is 0.226 e. The van der Waals surface area contributed by atoms with Crippen LogP contribution in [0.4, 0.5) is 0 Å². The highest BCUT2D eigenvalue weighted by Crippen LogP contribution is 2.48. The van der Waals surface area contributed by atoms with Gasteiger partial charge in [0.1, 0.15) is 0 Å². The zero-order chi connectivity index (χ0) is 14.0. The van der Waals surface area contributed by atoms with E-state index in [1.807, 2.05) is 32.2 Å². The molecular weight excluding hydrogens is 256 g/mol. The molecule has 3 unspecified atom stereocenters. The first-order valence-corrected chi connectivity index (χ1v) is 7.00. The molecule has 2 rings (SSSR count). The van der Waals surface area contributed by atoms with E-state index in [9.17, 15) is 4.79 Å². The molecule has 0 saturated heterocycles. The van der Waals surface area contributed by atoms with Gasteiger partial charge in [0.2, 0.25) is 5.91 Å². The summed E-state index contributed by atoms with van der Waals surface area (Å²) < 4.78 is 0. The van der Waals surface area contributed by atoms with Gasteiger partial charge in [-0.25, -0.2) is 0 Å². The molecule has 3 atom stereocenters. The van der Waals surface area contributed by atoms with Crippen molar-refractivity contribution < 1.29 is 4.79 Å². The van der Waals surface area contributed by atoms with Crippen LogP contribution in [-0.4, -0.2) is 29.4 Å². The zero-order valence-electron chi connectivity index (χ0n) is 11.4. The second-order valence-electron chi connectivity index (χ2n) is 5.38. The van der Waals surface area contributed by atoms with Crippen molar-refractivity contribution in [1.29, 1.82) is 0 Å².